The van der Waals surface area contributed by atoms with Crippen molar-refractivity contribution in [3.63, 3.8) is 0 Å². The minimum Gasteiger partial charge on any atom is -0.459 e. The number of nitrogens with one attached hydrogen (secondary N) is 1. The minimum absolute atomic E-state index is 0.0931. The van der Waals surface area contributed by atoms with Crippen LogP contribution in [0.4, 0.5) is 4.79 Å². The first kappa shape index (κ1) is 14.7. The van der Waals surface area contributed by atoms with E-state index in [9.17, 15) is 9.59 Å². The quantitative estimate of drug-likeness (QED) is 0.845. The number of oxazole rings is 1. The third-order valence-corrected chi connectivity index (χ3v) is 5.53. The van der Waals surface area contributed by atoms with Crippen molar-refractivity contribution in [3.8, 4) is 11.7 Å². The number of carbonyl (C=O) groups is 2. The van der Waals surface area contributed by atoms with Gasteiger partial charge in [0.25, 0.3) is 11.8 Å². The Balaban J connectivity index is 1.43. The fourth-order valence-electron chi connectivity index (χ4n) is 3.95. The maximum absolute atomic E-state index is 13.1. The summed E-state index contributed by atoms with van der Waals surface area (Å²) in [6, 6.07) is 3.20. The lowest BCUT2D eigenvalue weighted by molar-refractivity contribution is -0.133. The van der Waals surface area contributed by atoms with Gasteiger partial charge < -0.3 is 14.2 Å². The smallest absolute Gasteiger partial charge is 0.325 e. The Bertz CT molecular complexity index is 834. The van der Waals surface area contributed by atoms with Crippen molar-refractivity contribution in [1.82, 2.24) is 15.2 Å². The molecule has 3 amide bonds. The van der Waals surface area contributed by atoms with Crippen LogP contribution in [0.1, 0.15) is 37.1 Å². The summed E-state index contributed by atoms with van der Waals surface area (Å²) in [4.78, 5) is 31.4. The van der Waals surface area contributed by atoms with Crippen molar-refractivity contribution < 1.29 is 18.4 Å². The molecule has 0 aromatic carbocycles. The van der Waals surface area contributed by atoms with E-state index in [-0.39, 0.29) is 18.5 Å². The van der Waals surface area contributed by atoms with Crippen LogP contribution in [0.5, 0.6) is 0 Å². The Morgan fingerprint density at radius 1 is 1.28 bits per heavy atom. The monoisotopic (exact) mass is 341 g/mol. The molecule has 0 atom stereocenters. The van der Waals surface area contributed by atoms with E-state index in [2.05, 4.69) is 10.3 Å². The molecule has 1 N–H and O–H groups in total. The van der Waals surface area contributed by atoms with Crippen LogP contribution in [0.2, 0.25) is 0 Å². The van der Waals surface area contributed by atoms with E-state index in [1.165, 1.54) is 4.90 Å². The van der Waals surface area contributed by atoms with Crippen LogP contribution >= 0.6 is 0 Å². The third kappa shape index (κ3) is 2.14. The zero-order valence-electron chi connectivity index (χ0n) is 13.9. The molecule has 2 saturated carbocycles. The van der Waals surface area contributed by atoms with E-state index >= 15 is 0 Å². The highest BCUT2D eigenvalue weighted by Crippen LogP contribution is 2.54. The summed E-state index contributed by atoms with van der Waals surface area (Å²) in [5, 5.41) is 3.03. The number of carbonyl (C=O) groups excluding carboxylic acids is 2. The predicted molar refractivity (Wildman–Crippen MR) is 86.2 cm³/mol. The largest absolute Gasteiger partial charge is 0.459 e. The average Bonchev–Trinajstić information content (AvgIpc) is 3.51. The van der Waals surface area contributed by atoms with E-state index in [0.29, 0.717) is 34.9 Å². The van der Waals surface area contributed by atoms with Gasteiger partial charge in [-0.15, -0.1) is 0 Å². The van der Waals surface area contributed by atoms with Gasteiger partial charge >= 0.3 is 6.03 Å². The zero-order chi connectivity index (χ0) is 17.2. The van der Waals surface area contributed by atoms with Gasteiger partial charge in [-0.2, -0.15) is 0 Å². The molecule has 25 heavy (non-hydrogen) atoms. The van der Waals surface area contributed by atoms with Crippen LogP contribution in [-0.2, 0) is 11.3 Å². The van der Waals surface area contributed by atoms with Crippen molar-refractivity contribution >= 4 is 11.9 Å². The fourth-order valence-corrected chi connectivity index (χ4v) is 3.95. The summed E-state index contributed by atoms with van der Waals surface area (Å²) in [6.45, 7) is 1.91. The molecule has 0 bridgehead atoms. The number of rotatable bonds is 5. The molecule has 3 heterocycles. The van der Waals surface area contributed by atoms with Gasteiger partial charge in [0.05, 0.1) is 12.8 Å². The first-order valence-corrected chi connectivity index (χ1v) is 8.74. The van der Waals surface area contributed by atoms with Crippen molar-refractivity contribution in [3.05, 3.63) is 29.9 Å². The molecule has 2 aromatic heterocycles. The second-order valence-corrected chi connectivity index (χ2v) is 7.24. The van der Waals surface area contributed by atoms with Crippen molar-refractivity contribution in [2.75, 3.05) is 0 Å². The second kappa shape index (κ2) is 4.97. The fraction of sp³-hybridized carbons (Fsp3) is 0.500. The lowest BCUT2D eigenvalue weighted by Gasteiger charge is -2.26. The molecular weight excluding hydrogens is 322 g/mol. The molecule has 130 valence electrons. The molecule has 1 aliphatic heterocycles. The number of furan rings is 1. The molecule has 5 rings (SSSR count). The number of imide groups is 1. The van der Waals surface area contributed by atoms with E-state index in [0.717, 1.165) is 25.7 Å². The molecule has 0 spiro atoms. The van der Waals surface area contributed by atoms with Gasteiger partial charge in [0.15, 0.2) is 5.76 Å². The van der Waals surface area contributed by atoms with Gasteiger partial charge in [-0.1, -0.05) is 0 Å². The summed E-state index contributed by atoms with van der Waals surface area (Å²) < 4.78 is 10.9. The summed E-state index contributed by atoms with van der Waals surface area (Å²) in [5.41, 5.74) is -0.0873. The Hall–Kier alpha value is -2.57. The molecule has 1 saturated heterocycles. The number of hydrogen-bond donors (Lipinski definition) is 1. The van der Waals surface area contributed by atoms with Gasteiger partial charge in [-0.3, -0.25) is 9.69 Å². The van der Waals surface area contributed by atoms with Crippen molar-refractivity contribution in [1.29, 1.82) is 0 Å². The Labute approximate surface area is 144 Å². The average molecular weight is 341 g/mol. The first-order valence-electron chi connectivity index (χ1n) is 8.74. The third-order valence-electron chi connectivity index (χ3n) is 5.53. The van der Waals surface area contributed by atoms with Crippen LogP contribution in [0, 0.1) is 18.8 Å². The zero-order valence-corrected chi connectivity index (χ0v) is 13.9. The number of aryl methyl sites for hydroxylation is 1. The lowest BCUT2D eigenvalue weighted by atomic mass is 9.87. The highest BCUT2D eigenvalue weighted by atomic mass is 16.4. The lowest BCUT2D eigenvalue weighted by Crippen LogP contribution is -2.51. The van der Waals surface area contributed by atoms with Crippen LogP contribution in [0.25, 0.3) is 11.7 Å². The maximum Gasteiger partial charge on any atom is 0.325 e. The van der Waals surface area contributed by atoms with Crippen LogP contribution in [0.15, 0.2) is 27.2 Å². The van der Waals surface area contributed by atoms with Gasteiger partial charge in [-0.05, 0) is 56.6 Å². The van der Waals surface area contributed by atoms with E-state index in [4.69, 9.17) is 8.83 Å². The summed E-state index contributed by atoms with van der Waals surface area (Å²) >= 11 is 0. The van der Waals surface area contributed by atoms with Gasteiger partial charge in [0.1, 0.15) is 17.0 Å². The number of amides is 3. The standard InChI is InChI=1S/C18H19N3O4/c1-10-13(19-15(25-10)14-3-2-8-24-14)9-21-16(22)18(11-4-5-11,12-6-7-12)20-17(21)23/h2-3,8,11-12H,4-7,9H2,1H3,(H,20,23). The highest BCUT2D eigenvalue weighted by molar-refractivity contribution is 6.07. The van der Waals surface area contributed by atoms with Crippen LogP contribution < -0.4 is 5.32 Å². The molecule has 7 nitrogen and oxygen atoms in total. The second-order valence-electron chi connectivity index (χ2n) is 7.24. The number of hydrogen-bond acceptors (Lipinski definition) is 5. The normalized spacial score (nSPS) is 22.5. The van der Waals surface area contributed by atoms with Crippen molar-refractivity contribution in [2.24, 2.45) is 11.8 Å². The predicted octanol–water partition coefficient (Wildman–Crippen LogP) is 2.85. The number of urea groups is 1. The van der Waals surface area contributed by atoms with Crippen LogP contribution in [-0.4, -0.2) is 27.4 Å². The molecule has 0 unspecified atom stereocenters. The Kier molecular flexibility index (Phi) is 2.93. The maximum atomic E-state index is 13.1. The van der Waals surface area contributed by atoms with Gasteiger partial charge in [0.2, 0.25) is 0 Å². The Morgan fingerprint density at radius 2 is 2.00 bits per heavy atom. The van der Waals surface area contributed by atoms with E-state index < -0.39 is 5.54 Å². The first-order chi connectivity index (χ1) is 12.1. The SMILES string of the molecule is Cc1oc(-c2ccco2)nc1CN1C(=O)NC(C2CC2)(C2CC2)C1=O. The van der Waals surface area contributed by atoms with Gasteiger partial charge in [-0.25, -0.2) is 9.78 Å². The Morgan fingerprint density at radius 3 is 2.60 bits per heavy atom. The van der Waals surface area contributed by atoms with E-state index in [1.54, 1.807) is 25.3 Å². The topological polar surface area (TPSA) is 88.6 Å². The number of aromatic nitrogens is 1. The highest BCUT2D eigenvalue weighted by Gasteiger charge is 2.65. The minimum atomic E-state index is -0.668. The van der Waals surface area contributed by atoms with E-state index in [1.807, 2.05) is 0 Å². The van der Waals surface area contributed by atoms with Crippen molar-refractivity contribution in [2.45, 2.75) is 44.7 Å². The summed E-state index contributed by atoms with van der Waals surface area (Å²) in [6.07, 6.45) is 5.61. The summed E-state index contributed by atoms with van der Waals surface area (Å²) in [5.74, 6) is 1.96. The molecule has 0 radical (unpaired) electrons. The molecular formula is C18H19N3O4. The van der Waals surface area contributed by atoms with Gasteiger partial charge in [0, 0.05) is 0 Å². The molecule has 3 aliphatic rings. The number of nitrogens with zero attached hydrogens (tertiary/aromatic N) is 2. The van der Waals surface area contributed by atoms with Crippen LogP contribution in [0.3, 0.4) is 0 Å². The molecule has 7 heteroatoms. The summed E-state index contributed by atoms with van der Waals surface area (Å²) in [7, 11) is 0. The molecule has 2 aromatic rings. The molecule has 3 fully saturated rings. The molecule has 2 aliphatic carbocycles.